The molecule has 2 aromatic carbocycles. The quantitative estimate of drug-likeness (QED) is 0.545. The Balaban J connectivity index is 1.74. The molecule has 2 amide bonds. The third kappa shape index (κ3) is 7.29. The molecular formula is C27H37FN4O2. The summed E-state index contributed by atoms with van der Waals surface area (Å²) in [6.07, 6.45) is 2.33. The number of piperidine rings is 1. The molecule has 1 saturated heterocycles. The Morgan fingerprint density at radius 3 is 2.38 bits per heavy atom. The van der Waals surface area contributed by atoms with Crippen molar-refractivity contribution >= 4 is 23.2 Å². The predicted molar refractivity (Wildman–Crippen MR) is 136 cm³/mol. The first-order chi connectivity index (χ1) is 16.4. The molecule has 1 fully saturated rings. The lowest BCUT2D eigenvalue weighted by molar-refractivity contribution is -0.115. The van der Waals surface area contributed by atoms with Crippen LogP contribution in [0.25, 0.3) is 0 Å². The number of amides is 2. The molecule has 1 aliphatic heterocycles. The van der Waals surface area contributed by atoms with Gasteiger partial charge in [0.15, 0.2) is 0 Å². The second kappa shape index (κ2) is 12.5. The van der Waals surface area contributed by atoms with Crippen LogP contribution in [0.15, 0.2) is 42.5 Å². The number of hydrogen-bond acceptors (Lipinski definition) is 4. The zero-order valence-electron chi connectivity index (χ0n) is 20.6. The second-order valence-electron chi connectivity index (χ2n) is 9.04. The summed E-state index contributed by atoms with van der Waals surface area (Å²) in [7, 11) is 0. The lowest BCUT2D eigenvalue weighted by atomic mass is 9.97. The minimum Gasteiger partial charge on any atom is -0.371 e. The van der Waals surface area contributed by atoms with Gasteiger partial charge in [-0.15, -0.1) is 0 Å². The number of halogens is 1. The summed E-state index contributed by atoms with van der Waals surface area (Å²) in [5, 5.41) is 5.95. The summed E-state index contributed by atoms with van der Waals surface area (Å²) in [6, 6.07) is 11.4. The molecule has 0 bridgehead atoms. The number of benzene rings is 2. The highest BCUT2D eigenvalue weighted by Gasteiger charge is 2.22. The summed E-state index contributed by atoms with van der Waals surface area (Å²) in [5.74, 6) is 0.0191. The highest BCUT2D eigenvalue weighted by atomic mass is 19.1. The molecule has 0 saturated carbocycles. The first kappa shape index (κ1) is 25.7. The van der Waals surface area contributed by atoms with Crippen LogP contribution in [0, 0.1) is 11.7 Å². The minimum absolute atomic E-state index is 0.129. The number of rotatable bonds is 10. The molecule has 0 atom stereocenters. The van der Waals surface area contributed by atoms with E-state index in [0.717, 1.165) is 56.8 Å². The van der Waals surface area contributed by atoms with E-state index in [1.54, 1.807) is 18.2 Å². The molecule has 2 aromatic rings. The van der Waals surface area contributed by atoms with Gasteiger partial charge in [0.1, 0.15) is 5.82 Å². The summed E-state index contributed by atoms with van der Waals surface area (Å²) in [4.78, 5) is 30.3. The third-order valence-electron chi connectivity index (χ3n) is 6.54. The van der Waals surface area contributed by atoms with Gasteiger partial charge in [-0.2, -0.15) is 0 Å². The zero-order valence-corrected chi connectivity index (χ0v) is 20.6. The average Bonchev–Trinajstić information content (AvgIpc) is 2.84. The van der Waals surface area contributed by atoms with Crippen molar-refractivity contribution in [3.8, 4) is 0 Å². The maximum atomic E-state index is 13.2. The minimum atomic E-state index is -0.330. The van der Waals surface area contributed by atoms with E-state index in [1.807, 2.05) is 12.1 Å². The van der Waals surface area contributed by atoms with Crippen LogP contribution in [0.2, 0.25) is 0 Å². The Morgan fingerprint density at radius 1 is 1.06 bits per heavy atom. The molecule has 0 aromatic heterocycles. The molecule has 2 N–H and O–H groups in total. The van der Waals surface area contributed by atoms with Crippen molar-refractivity contribution in [2.24, 2.45) is 5.92 Å². The van der Waals surface area contributed by atoms with E-state index in [4.69, 9.17) is 0 Å². The Kier molecular flexibility index (Phi) is 9.45. The van der Waals surface area contributed by atoms with Crippen molar-refractivity contribution in [3.63, 3.8) is 0 Å². The number of nitrogens with one attached hydrogen (secondary N) is 2. The van der Waals surface area contributed by atoms with Crippen molar-refractivity contribution in [3.05, 3.63) is 59.4 Å². The fourth-order valence-corrected chi connectivity index (χ4v) is 4.28. The SMILES string of the molecule is CCN(CC)CCNC(=O)c1cc(NC(=O)Cc2ccc(F)cc2)ccc1N1CCC(C)CC1. The van der Waals surface area contributed by atoms with Crippen LogP contribution in [0.4, 0.5) is 15.8 Å². The largest absolute Gasteiger partial charge is 0.371 e. The first-order valence-corrected chi connectivity index (χ1v) is 12.3. The van der Waals surface area contributed by atoms with Crippen LogP contribution in [-0.2, 0) is 11.2 Å². The zero-order chi connectivity index (χ0) is 24.5. The monoisotopic (exact) mass is 468 g/mol. The van der Waals surface area contributed by atoms with Crippen LogP contribution < -0.4 is 15.5 Å². The topological polar surface area (TPSA) is 64.7 Å². The normalized spacial score (nSPS) is 14.3. The van der Waals surface area contributed by atoms with Crippen LogP contribution in [0.3, 0.4) is 0 Å². The predicted octanol–water partition coefficient (Wildman–Crippen LogP) is 4.31. The van der Waals surface area contributed by atoms with Crippen LogP contribution >= 0.6 is 0 Å². The molecular weight excluding hydrogens is 431 g/mol. The van der Waals surface area contributed by atoms with Crippen molar-refractivity contribution in [2.45, 2.75) is 40.0 Å². The maximum Gasteiger partial charge on any atom is 0.253 e. The molecule has 7 heteroatoms. The van der Waals surface area contributed by atoms with Gasteiger partial charge in [-0.3, -0.25) is 9.59 Å². The van der Waals surface area contributed by atoms with Crippen LogP contribution in [-0.4, -0.2) is 56.0 Å². The van der Waals surface area contributed by atoms with Gasteiger partial charge in [0.2, 0.25) is 5.91 Å². The third-order valence-corrected chi connectivity index (χ3v) is 6.54. The van der Waals surface area contributed by atoms with Gasteiger partial charge in [-0.25, -0.2) is 4.39 Å². The van der Waals surface area contributed by atoms with Gasteiger partial charge in [0.25, 0.3) is 5.91 Å². The standard InChI is InChI=1S/C27H37FN4O2/c1-4-31(5-2)17-14-29-27(34)24-19-23(10-11-25(24)32-15-12-20(3)13-16-32)30-26(33)18-21-6-8-22(28)9-7-21/h6-11,19-20H,4-5,12-18H2,1-3H3,(H,29,34)(H,30,33). The van der Waals surface area contributed by atoms with E-state index >= 15 is 0 Å². The van der Waals surface area contributed by atoms with E-state index in [1.165, 1.54) is 12.1 Å². The smallest absolute Gasteiger partial charge is 0.253 e. The number of carbonyl (C=O) groups is 2. The van der Waals surface area contributed by atoms with Gasteiger partial charge >= 0.3 is 0 Å². The molecule has 184 valence electrons. The van der Waals surface area contributed by atoms with E-state index < -0.39 is 0 Å². The number of anilines is 2. The molecule has 0 aliphatic carbocycles. The van der Waals surface area contributed by atoms with E-state index in [9.17, 15) is 14.0 Å². The van der Waals surface area contributed by atoms with Crippen LogP contribution in [0.1, 0.15) is 49.5 Å². The van der Waals surface area contributed by atoms with E-state index in [2.05, 4.69) is 41.2 Å². The van der Waals surface area contributed by atoms with Crippen molar-refractivity contribution in [1.82, 2.24) is 10.2 Å². The highest BCUT2D eigenvalue weighted by Crippen LogP contribution is 2.29. The van der Waals surface area contributed by atoms with Crippen molar-refractivity contribution in [2.75, 3.05) is 49.5 Å². The Bertz CT molecular complexity index is 952. The number of nitrogens with zero attached hydrogens (tertiary/aromatic N) is 2. The fourth-order valence-electron chi connectivity index (χ4n) is 4.28. The van der Waals surface area contributed by atoms with Gasteiger partial charge in [0, 0.05) is 37.6 Å². The van der Waals surface area contributed by atoms with Gasteiger partial charge < -0.3 is 20.4 Å². The summed E-state index contributed by atoms with van der Waals surface area (Å²) >= 11 is 0. The van der Waals surface area contributed by atoms with Crippen molar-refractivity contribution < 1.29 is 14.0 Å². The lowest BCUT2D eigenvalue weighted by Crippen LogP contribution is -2.37. The Morgan fingerprint density at radius 2 is 1.74 bits per heavy atom. The van der Waals surface area contributed by atoms with Crippen LogP contribution in [0.5, 0.6) is 0 Å². The molecule has 0 radical (unpaired) electrons. The van der Waals surface area contributed by atoms with E-state index in [-0.39, 0.29) is 24.1 Å². The molecule has 1 aliphatic rings. The summed E-state index contributed by atoms with van der Waals surface area (Å²) in [5.41, 5.74) is 2.79. The molecule has 6 nitrogen and oxygen atoms in total. The molecule has 1 heterocycles. The van der Waals surface area contributed by atoms with Gasteiger partial charge in [-0.05, 0) is 67.7 Å². The number of carbonyl (C=O) groups excluding carboxylic acids is 2. The fraction of sp³-hybridized carbons (Fsp3) is 0.481. The molecule has 0 spiro atoms. The maximum absolute atomic E-state index is 13.2. The lowest BCUT2D eigenvalue weighted by Gasteiger charge is -2.33. The highest BCUT2D eigenvalue weighted by molar-refractivity contribution is 6.02. The Hall–Kier alpha value is -2.93. The second-order valence-corrected chi connectivity index (χ2v) is 9.04. The molecule has 0 unspecified atom stereocenters. The molecule has 3 rings (SSSR count). The van der Waals surface area contributed by atoms with Gasteiger partial charge in [0.05, 0.1) is 12.0 Å². The first-order valence-electron chi connectivity index (χ1n) is 12.3. The van der Waals surface area contributed by atoms with Crippen molar-refractivity contribution in [1.29, 1.82) is 0 Å². The van der Waals surface area contributed by atoms with Gasteiger partial charge in [-0.1, -0.05) is 32.9 Å². The summed E-state index contributed by atoms with van der Waals surface area (Å²) in [6.45, 7) is 11.6. The number of hydrogen-bond donors (Lipinski definition) is 2. The average molecular weight is 469 g/mol. The molecule has 34 heavy (non-hydrogen) atoms. The Labute approximate surface area is 202 Å². The van der Waals surface area contributed by atoms with E-state index in [0.29, 0.717) is 23.7 Å². The summed E-state index contributed by atoms with van der Waals surface area (Å²) < 4.78 is 13.1. The number of likely N-dealkylation sites (N-methyl/N-ethyl adjacent to an activating group) is 1.